The molecule has 2 N–H and O–H groups in total. The first-order chi connectivity index (χ1) is 7.66. The molecule has 2 nitrogen and oxygen atoms in total. The van der Waals surface area contributed by atoms with E-state index in [1.165, 1.54) is 24.3 Å². The van der Waals surface area contributed by atoms with Crippen LogP contribution in [0.25, 0.3) is 0 Å². The third-order valence-electron chi connectivity index (χ3n) is 2.30. The van der Waals surface area contributed by atoms with E-state index < -0.39 is 11.9 Å². The Labute approximate surface area is 91.7 Å². The zero-order valence-electron chi connectivity index (χ0n) is 8.40. The number of rotatable bonds is 2. The highest BCUT2D eigenvalue weighted by Crippen LogP contribution is 2.17. The van der Waals surface area contributed by atoms with Gasteiger partial charge in [0.25, 0.3) is 0 Å². The number of nitrogens with zero attached hydrogens (tertiary/aromatic N) is 1. The second-order valence-electron chi connectivity index (χ2n) is 3.43. The molecule has 0 radical (unpaired) electrons. The number of pyridine rings is 1. The molecule has 0 saturated heterocycles. The van der Waals surface area contributed by atoms with Crippen molar-refractivity contribution < 1.29 is 8.78 Å². The van der Waals surface area contributed by atoms with Gasteiger partial charge in [0.05, 0.1) is 17.9 Å². The Hall–Kier alpha value is -1.81. The predicted molar refractivity (Wildman–Crippen MR) is 56.6 cm³/mol. The SMILES string of the molecule is NC(c1ccc(F)cc1)c1ccc(F)cn1. The highest BCUT2D eigenvalue weighted by molar-refractivity contribution is 5.27. The van der Waals surface area contributed by atoms with Crippen LogP contribution in [0.2, 0.25) is 0 Å². The van der Waals surface area contributed by atoms with E-state index in [1.54, 1.807) is 12.1 Å². The summed E-state index contributed by atoms with van der Waals surface area (Å²) in [7, 11) is 0. The van der Waals surface area contributed by atoms with Crippen molar-refractivity contribution in [3.05, 3.63) is 65.5 Å². The number of benzene rings is 1. The number of halogens is 2. The summed E-state index contributed by atoms with van der Waals surface area (Å²) in [5.74, 6) is -0.724. The minimum Gasteiger partial charge on any atom is -0.319 e. The van der Waals surface area contributed by atoms with Gasteiger partial charge < -0.3 is 5.73 Å². The van der Waals surface area contributed by atoms with Gasteiger partial charge in [-0.1, -0.05) is 12.1 Å². The molecule has 0 amide bonds. The van der Waals surface area contributed by atoms with Gasteiger partial charge in [0.2, 0.25) is 0 Å². The molecule has 1 aromatic carbocycles. The molecule has 0 bridgehead atoms. The Morgan fingerprint density at radius 1 is 0.938 bits per heavy atom. The van der Waals surface area contributed by atoms with Crippen LogP contribution in [0.3, 0.4) is 0 Å². The number of aromatic nitrogens is 1. The summed E-state index contributed by atoms with van der Waals surface area (Å²) in [6.45, 7) is 0. The largest absolute Gasteiger partial charge is 0.319 e. The summed E-state index contributed by atoms with van der Waals surface area (Å²) in [6.07, 6.45) is 1.11. The van der Waals surface area contributed by atoms with E-state index in [9.17, 15) is 8.78 Å². The summed E-state index contributed by atoms with van der Waals surface area (Å²) in [5.41, 5.74) is 7.19. The normalized spacial score (nSPS) is 12.4. The minimum absolute atomic E-state index is 0.317. The predicted octanol–water partition coefficient (Wildman–Crippen LogP) is 2.41. The zero-order chi connectivity index (χ0) is 11.5. The van der Waals surface area contributed by atoms with Crippen molar-refractivity contribution in [3.8, 4) is 0 Å². The van der Waals surface area contributed by atoms with Crippen LogP contribution in [-0.2, 0) is 0 Å². The molecule has 2 aromatic rings. The summed E-state index contributed by atoms with van der Waals surface area (Å²) < 4.78 is 25.4. The second kappa shape index (κ2) is 4.37. The van der Waals surface area contributed by atoms with Gasteiger partial charge in [-0.15, -0.1) is 0 Å². The Kier molecular flexibility index (Phi) is 2.92. The summed E-state index contributed by atoms with van der Waals surface area (Å²) in [5, 5.41) is 0. The van der Waals surface area contributed by atoms with E-state index in [1.807, 2.05) is 0 Å². The Morgan fingerprint density at radius 3 is 2.12 bits per heavy atom. The van der Waals surface area contributed by atoms with Gasteiger partial charge in [-0.2, -0.15) is 0 Å². The molecule has 1 heterocycles. The highest BCUT2D eigenvalue weighted by atomic mass is 19.1. The molecule has 2 rings (SSSR count). The lowest BCUT2D eigenvalue weighted by atomic mass is 10.0. The van der Waals surface area contributed by atoms with Gasteiger partial charge in [-0.25, -0.2) is 8.78 Å². The lowest BCUT2D eigenvalue weighted by Crippen LogP contribution is -2.13. The van der Waals surface area contributed by atoms with Crippen LogP contribution in [0.4, 0.5) is 8.78 Å². The van der Waals surface area contributed by atoms with Gasteiger partial charge in [-0.05, 0) is 29.8 Å². The number of hydrogen-bond donors (Lipinski definition) is 1. The van der Waals surface area contributed by atoms with Crippen LogP contribution < -0.4 is 5.73 Å². The molecule has 16 heavy (non-hydrogen) atoms. The molecular formula is C12H10F2N2. The third kappa shape index (κ3) is 2.23. The third-order valence-corrected chi connectivity index (χ3v) is 2.30. The van der Waals surface area contributed by atoms with Gasteiger partial charge in [0.1, 0.15) is 11.6 Å². The first kappa shape index (κ1) is 10.7. The summed E-state index contributed by atoms with van der Waals surface area (Å²) in [6, 6.07) is 8.18. The van der Waals surface area contributed by atoms with Crippen LogP contribution in [-0.4, -0.2) is 4.98 Å². The maximum Gasteiger partial charge on any atom is 0.141 e. The summed E-state index contributed by atoms with van der Waals surface area (Å²) in [4.78, 5) is 3.88. The monoisotopic (exact) mass is 220 g/mol. The molecule has 82 valence electrons. The van der Waals surface area contributed by atoms with Crippen molar-refractivity contribution in [2.45, 2.75) is 6.04 Å². The summed E-state index contributed by atoms with van der Waals surface area (Å²) >= 11 is 0. The minimum atomic E-state index is -0.471. The first-order valence-corrected chi connectivity index (χ1v) is 4.79. The van der Waals surface area contributed by atoms with E-state index in [0.717, 1.165) is 11.8 Å². The second-order valence-corrected chi connectivity index (χ2v) is 3.43. The van der Waals surface area contributed by atoms with Gasteiger partial charge in [0, 0.05) is 0 Å². The average Bonchev–Trinajstić information content (AvgIpc) is 2.30. The van der Waals surface area contributed by atoms with Crippen molar-refractivity contribution in [2.75, 3.05) is 0 Å². The molecule has 0 aliphatic carbocycles. The van der Waals surface area contributed by atoms with Crippen LogP contribution >= 0.6 is 0 Å². The van der Waals surface area contributed by atoms with Crippen molar-refractivity contribution in [1.82, 2.24) is 4.98 Å². The Bertz CT molecular complexity index is 420. The molecular weight excluding hydrogens is 210 g/mol. The van der Waals surface area contributed by atoms with Crippen molar-refractivity contribution in [3.63, 3.8) is 0 Å². The van der Waals surface area contributed by atoms with Crippen molar-refractivity contribution in [2.24, 2.45) is 5.73 Å². The number of nitrogens with two attached hydrogens (primary N) is 1. The van der Waals surface area contributed by atoms with Crippen molar-refractivity contribution in [1.29, 1.82) is 0 Å². The molecule has 4 heteroatoms. The lowest BCUT2D eigenvalue weighted by Gasteiger charge is -2.11. The van der Waals surface area contributed by atoms with Crippen LogP contribution in [0.15, 0.2) is 42.6 Å². The molecule has 1 aromatic heterocycles. The fourth-order valence-corrected chi connectivity index (χ4v) is 1.41. The molecule has 0 spiro atoms. The van der Waals surface area contributed by atoms with Gasteiger partial charge in [0.15, 0.2) is 0 Å². The smallest absolute Gasteiger partial charge is 0.141 e. The molecule has 1 unspecified atom stereocenters. The Balaban J connectivity index is 2.28. The topological polar surface area (TPSA) is 38.9 Å². The number of hydrogen-bond acceptors (Lipinski definition) is 2. The van der Waals surface area contributed by atoms with E-state index in [-0.39, 0.29) is 5.82 Å². The van der Waals surface area contributed by atoms with Crippen LogP contribution in [0.5, 0.6) is 0 Å². The first-order valence-electron chi connectivity index (χ1n) is 4.79. The maximum absolute atomic E-state index is 12.7. The zero-order valence-corrected chi connectivity index (χ0v) is 8.40. The lowest BCUT2D eigenvalue weighted by molar-refractivity contribution is 0.616. The van der Waals surface area contributed by atoms with E-state index in [4.69, 9.17) is 5.73 Å². The fourth-order valence-electron chi connectivity index (χ4n) is 1.41. The van der Waals surface area contributed by atoms with Crippen LogP contribution in [0, 0.1) is 11.6 Å². The quantitative estimate of drug-likeness (QED) is 0.844. The van der Waals surface area contributed by atoms with E-state index >= 15 is 0 Å². The van der Waals surface area contributed by atoms with Crippen molar-refractivity contribution >= 4 is 0 Å². The van der Waals surface area contributed by atoms with E-state index in [2.05, 4.69) is 4.98 Å². The Morgan fingerprint density at radius 2 is 1.56 bits per heavy atom. The maximum atomic E-state index is 12.7. The highest BCUT2D eigenvalue weighted by Gasteiger charge is 2.10. The van der Waals surface area contributed by atoms with Gasteiger partial charge >= 0.3 is 0 Å². The van der Waals surface area contributed by atoms with E-state index in [0.29, 0.717) is 5.69 Å². The molecule has 0 saturated carbocycles. The fraction of sp³-hybridized carbons (Fsp3) is 0.0833. The molecule has 0 aliphatic heterocycles. The average molecular weight is 220 g/mol. The van der Waals surface area contributed by atoms with Gasteiger partial charge in [-0.3, -0.25) is 4.98 Å². The van der Waals surface area contributed by atoms with Crippen LogP contribution in [0.1, 0.15) is 17.3 Å². The molecule has 0 aliphatic rings. The standard InChI is InChI=1S/C12H10F2N2/c13-9-3-1-8(2-4-9)12(15)11-6-5-10(14)7-16-11/h1-7,12H,15H2. The molecule has 1 atom stereocenters. The molecule has 0 fully saturated rings.